The Morgan fingerprint density at radius 3 is 2.24 bits per heavy atom. The average molecular weight is 588 g/mol. The third kappa shape index (κ3) is 4.69. The monoisotopic (exact) mass is 587 g/mol. The van der Waals surface area contributed by atoms with Crippen LogP contribution in [0, 0.1) is 17.8 Å². The van der Waals surface area contributed by atoms with Crippen molar-refractivity contribution in [1.82, 2.24) is 9.80 Å². The van der Waals surface area contributed by atoms with Crippen LogP contribution in [0.3, 0.4) is 0 Å². The number of fused-ring (bicyclic) bond motifs is 1. The Balaban J connectivity index is 1.65. The summed E-state index contributed by atoms with van der Waals surface area (Å²) in [6.45, 7) is 14.1. The van der Waals surface area contributed by atoms with E-state index in [-0.39, 0.29) is 41.5 Å². The highest BCUT2D eigenvalue weighted by Gasteiger charge is 2.77. The molecule has 0 aliphatic carbocycles. The van der Waals surface area contributed by atoms with Gasteiger partial charge in [0.25, 0.3) is 0 Å². The van der Waals surface area contributed by atoms with E-state index in [4.69, 9.17) is 0 Å². The Morgan fingerprint density at radius 2 is 1.67 bits per heavy atom. The number of rotatable bonds is 11. The fourth-order valence-corrected chi connectivity index (χ4v) is 9.87. The first-order valence-corrected chi connectivity index (χ1v) is 15.6. The Bertz CT molecular complexity index is 1330. The van der Waals surface area contributed by atoms with Gasteiger partial charge in [-0.05, 0) is 43.9 Å². The first-order valence-electron chi connectivity index (χ1n) is 14.8. The van der Waals surface area contributed by atoms with Gasteiger partial charge in [-0.25, -0.2) is 0 Å². The summed E-state index contributed by atoms with van der Waals surface area (Å²) < 4.78 is -0.799. The van der Waals surface area contributed by atoms with Crippen molar-refractivity contribution in [3.63, 3.8) is 0 Å². The number of hydrogen-bond acceptors (Lipinski definition) is 5. The normalized spacial score (nSPS) is 28.5. The van der Waals surface area contributed by atoms with Crippen LogP contribution in [0.1, 0.15) is 38.8 Å². The lowest BCUT2D eigenvalue weighted by Gasteiger charge is -2.43. The van der Waals surface area contributed by atoms with E-state index in [1.165, 1.54) is 0 Å². The minimum absolute atomic E-state index is 0.0156. The topological polar surface area (TPSA) is 81.2 Å². The number of aliphatic hydroxyl groups is 1. The second-order valence-corrected chi connectivity index (χ2v) is 13.4. The quantitative estimate of drug-likeness (QED) is 0.386. The van der Waals surface area contributed by atoms with Gasteiger partial charge in [-0.2, -0.15) is 0 Å². The van der Waals surface area contributed by atoms with Gasteiger partial charge < -0.3 is 19.8 Å². The first-order chi connectivity index (χ1) is 20.2. The first kappa shape index (κ1) is 30.1. The largest absolute Gasteiger partial charge is 0.394 e. The van der Waals surface area contributed by atoms with Gasteiger partial charge in [0.15, 0.2) is 0 Å². The summed E-state index contributed by atoms with van der Waals surface area (Å²) in [5.41, 5.74) is 1.51. The van der Waals surface area contributed by atoms with Crippen LogP contribution in [0.5, 0.6) is 0 Å². The van der Waals surface area contributed by atoms with E-state index in [2.05, 4.69) is 20.1 Å². The van der Waals surface area contributed by atoms with Crippen LogP contribution in [0.25, 0.3) is 0 Å². The Labute approximate surface area is 253 Å². The molecule has 42 heavy (non-hydrogen) atoms. The number of para-hydroxylation sites is 1. The summed E-state index contributed by atoms with van der Waals surface area (Å²) in [5, 5.41) is 10.7. The van der Waals surface area contributed by atoms with Gasteiger partial charge in [0.05, 0.1) is 29.2 Å². The van der Waals surface area contributed by atoms with Crippen LogP contribution in [0.15, 0.2) is 86.0 Å². The minimum Gasteiger partial charge on any atom is -0.394 e. The van der Waals surface area contributed by atoms with Gasteiger partial charge in [-0.1, -0.05) is 67.6 Å². The molecule has 7 atom stereocenters. The van der Waals surface area contributed by atoms with E-state index >= 15 is 0 Å². The van der Waals surface area contributed by atoms with E-state index in [1.54, 1.807) is 38.6 Å². The molecule has 3 heterocycles. The molecule has 3 aliphatic rings. The summed E-state index contributed by atoms with van der Waals surface area (Å²) in [5.74, 6) is -1.78. The summed E-state index contributed by atoms with van der Waals surface area (Å²) >= 11 is 1.65. The number of nitrogens with zero attached hydrogens (tertiary/aromatic N) is 3. The minimum atomic E-state index is -0.831. The lowest BCUT2D eigenvalue weighted by atomic mass is 9.65. The van der Waals surface area contributed by atoms with Gasteiger partial charge in [0.2, 0.25) is 17.7 Å². The number of likely N-dealkylation sites (tertiary alicyclic amines) is 1. The fourth-order valence-electron chi connectivity index (χ4n) is 7.48. The fraction of sp³-hybridized carbons (Fsp3) is 0.441. The highest BCUT2D eigenvalue weighted by atomic mass is 32.2. The highest BCUT2D eigenvalue weighted by Crippen LogP contribution is 2.69. The maximum Gasteiger partial charge on any atom is 0.247 e. The van der Waals surface area contributed by atoms with Crippen molar-refractivity contribution >= 4 is 35.2 Å². The second kappa shape index (κ2) is 12.1. The van der Waals surface area contributed by atoms with E-state index in [0.717, 1.165) is 17.7 Å². The van der Waals surface area contributed by atoms with Crippen molar-refractivity contribution in [2.45, 2.75) is 55.3 Å². The SMILES string of the molecule is C=CCN(C(=O)[C@@H]1[C@@H]2CC(C)C3(S2)C(C(=O)N(CC=C)C(C)C)N([C@H](CO)c2ccccc2)C(=O)[C@H]13)c1ccccc1. The summed E-state index contributed by atoms with van der Waals surface area (Å²) in [4.78, 5) is 49.1. The molecule has 222 valence electrons. The van der Waals surface area contributed by atoms with Crippen LogP contribution in [-0.2, 0) is 14.4 Å². The molecule has 7 nitrogen and oxygen atoms in total. The molecular weight excluding hydrogens is 546 g/mol. The number of carbonyl (C=O) groups excluding carboxylic acids is 3. The Morgan fingerprint density at radius 1 is 1.05 bits per heavy atom. The molecular formula is C34H41N3O4S. The van der Waals surface area contributed by atoms with E-state index in [9.17, 15) is 19.5 Å². The maximum atomic E-state index is 14.8. The third-order valence-corrected chi connectivity index (χ3v) is 11.3. The standard InChI is InChI=1S/C34H41N3O4S/c1-6-18-35(22(3)4)33(41)30-34-23(5)20-27(42-34)28(31(39)36(19-7-2)25-16-12-9-13-17-25)29(34)32(40)37(30)26(21-38)24-14-10-8-11-15-24/h6-17,22-23,26-30,38H,1-2,18-21H2,3-5H3/t23?,26-,27+,28-,29+,30?,34?/m1/s1. The van der Waals surface area contributed by atoms with Crippen molar-refractivity contribution in [2.24, 2.45) is 17.8 Å². The summed E-state index contributed by atoms with van der Waals surface area (Å²) in [6, 6.07) is 17.2. The maximum absolute atomic E-state index is 14.8. The molecule has 8 heteroatoms. The molecule has 1 spiro atoms. The molecule has 3 saturated heterocycles. The van der Waals surface area contributed by atoms with E-state index < -0.39 is 28.7 Å². The van der Waals surface area contributed by atoms with Gasteiger partial charge in [0.1, 0.15) is 6.04 Å². The van der Waals surface area contributed by atoms with E-state index in [1.807, 2.05) is 74.5 Å². The molecule has 3 unspecified atom stereocenters. The van der Waals surface area contributed by atoms with Crippen LogP contribution < -0.4 is 4.90 Å². The van der Waals surface area contributed by atoms with Crippen LogP contribution in [0.4, 0.5) is 5.69 Å². The molecule has 0 aromatic heterocycles. The average Bonchev–Trinajstić information content (AvgIpc) is 3.59. The highest BCUT2D eigenvalue weighted by molar-refractivity contribution is 8.02. The van der Waals surface area contributed by atoms with Gasteiger partial charge >= 0.3 is 0 Å². The number of amides is 3. The lowest BCUT2D eigenvalue weighted by molar-refractivity contribution is -0.146. The van der Waals surface area contributed by atoms with Gasteiger partial charge in [-0.15, -0.1) is 24.9 Å². The molecule has 0 radical (unpaired) electrons. The third-order valence-electron chi connectivity index (χ3n) is 9.27. The predicted octanol–water partition coefficient (Wildman–Crippen LogP) is 4.70. The van der Waals surface area contributed by atoms with Crippen molar-refractivity contribution < 1.29 is 19.5 Å². The molecule has 2 aromatic rings. The molecule has 5 rings (SSSR count). The zero-order valence-corrected chi connectivity index (χ0v) is 25.5. The van der Waals surface area contributed by atoms with Crippen LogP contribution >= 0.6 is 11.8 Å². The van der Waals surface area contributed by atoms with Gasteiger partial charge in [-0.3, -0.25) is 14.4 Å². The smallest absolute Gasteiger partial charge is 0.247 e. The van der Waals surface area contributed by atoms with Crippen LogP contribution in [0.2, 0.25) is 0 Å². The Kier molecular flexibility index (Phi) is 8.67. The molecule has 3 amide bonds. The van der Waals surface area contributed by atoms with Crippen molar-refractivity contribution in [3.8, 4) is 0 Å². The van der Waals surface area contributed by atoms with Crippen LogP contribution in [-0.4, -0.2) is 74.4 Å². The number of thioether (sulfide) groups is 1. The van der Waals surface area contributed by atoms with Crippen molar-refractivity contribution in [2.75, 3.05) is 24.6 Å². The summed E-state index contributed by atoms with van der Waals surface area (Å²) in [7, 11) is 0. The second-order valence-electron chi connectivity index (χ2n) is 11.9. The molecule has 3 aliphatic heterocycles. The zero-order chi connectivity index (χ0) is 30.2. The zero-order valence-electron chi connectivity index (χ0n) is 24.6. The molecule has 1 N–H and O–H groups in total. The number of hydrogen-bond donors (Lipinski definition) is 1. The van der Waals surface area contributed by atoms with E-state index in [0.29, 0.717) is 13.1 Å². The lowest BCUT2D eigenvalue weighted by Crippen LogP contribution is -2.59. The van der Waals surface area contributed by atoms with Gasteiger partial charge in [0, 0.05) is 30.1 Å². The molecule has 2 bridgehead atoms. The van der Waals surface area contributed by atoms with Crippen molar-refractivity contribution in [3.05, 3.63) is 91.5 Å². The number of anilines is 1. The van der Waals surface area contributed by atoms with Crippen molar-refractivity contribution in [1.29, 1.82) is 0 Å². The Hall–Kier alpha value is -3.36. The molecule has 0 saturated carbocycles. The number of aliphatic hydroxyl groups excluding tert-OH is 1. The summed E-state index contributed by atoms with van der Waals surface area (Å²) in [6.07, 6.45) is 4.14. The number of benzene rings is 2. The molecule has 2 aromatic carbocycles. The molecule has 3 fully saturated rings. The predicted molar refractivity (Wildman–Crippen MR) is 168 cm³/mol. The number of carbonyl (C=O) groups is 3.